The number of methoxy groups -OCH3 is 1. The van der Waals surface area contributed by atoms with E-state index >= 15 is 0 Å². The third-order valence-electron chi connectivity index (χ3n) is 1.24. The zero-order valence-corrected chi connectivity index (χ0v) is 7.33. The molecular formula is C7H6Cl2NO. The average molecular weight is 191 g/mol. The molecule has 1 radical (unpaired) electrons. The van der Waals surface area contributed by atoms with Crippen molar-refractivity contribution in [3.8, 4) is 5.75 Å². The molecule has 0 saturated heterocycles. The van der Waals surface area contributed by atoms with E-state index in [1.807, 2.05) is 0 Å². The Morgan fingerprint density at radius 3 is 2.45 bits per heavy atom. The molecule has 0 bridgehead atoms. The summed E-state index contributed by atoms with van der Waals surface area (Å²) in [6, 6.07) is 2.97. The van der Waals surface area contributed by atoms with Gasteiger partial charge in [-0.25, -0.2) is 0 Å². The standard InChI is InChI=1S/C7H6Cl2NO/c1-11-7-3-4(8)6(10)2-5(7)9/h2-3,10H,1H3. The van der Waals surface area contributed by atoms with Gasteiger partial charge < -0.3 is 4.74 Å². The number of benzene rings is 1. The van der Waals surface area contributed by atoms with Crippen molar-refractivity contribution in [2.45, 2.75) is 0 Å². The zero-order chi connectivity index (χ0) is 8.43. The lowest BCUT2D eigenvalue weighted by molar-refractivity contribution is 0.415. The van der Waals surface area contributed by atoms with Gasteiger partial charge in [0.25, 0.3) is 0 Å². The summed E-state index contributed by atoms with van der Waals surface area (Å²) in [6.45, 7) is 0. The van der Waals surface area contributed by atoms with Gasteiger partial charge in [0.15, 0.2) is 0 Å². The first-order valence-corrected chi connectivity index (χ1v) is 3.65. The van der Waals surface area contributed by atoms with Crippen LogP contribution in [0.3, 0.4) is 0 Å². The van der Waals surface area contributed by atoms with Crippen molar-refractivity contribution >= 4 is 28.9 Å². The topological polar surface area (TPSA) is 33.0 Å². The third-order valence-corrected chi connectivity index (χ3v) is 1.85. The molecule has 1 rings (SSSR count). The number of rotatable bonds is 1. The molecule has 0 spiro atoms. The molecule has 1 aromatic rings. The number of nitrogens with one attached hydrogen (secondary N) is 1. The highest BCUT2D eigenvalue weighted by Crippen LogP contribution is 2.32. The van der Waals surface area contributed by atoms with Crippen LogP contribution in [-0.4, -0.2) is 7.11 Å². The quantitative estimate of drug-likeness (QED) is 0.671. The SMILES string of the molecule is COc1cc(Cl)c([NH])cc1Cl. The zero-order valence-electron chi connectivity index (χ0n) is 5.82. The van der Waals surface area contributed by atoms with E-state index in [2.05, 4.69) is 0 Å². The molecule has 4 heteroatoms. The summed E-state index contributed by atoms with van der Waals surface area (Å²) in [4.78, 5) is 0. The summed E-state index contributed by atoms with van der Waals surface area (Å²) in [5.74, 6) is 0.493. The van der Waals surface area contributed by atoms with Gasteiger partial charge in [-0.15, -0.1) is 0 Å². The number of halogens is 2. The van der Waals surface area contributed by atoms with Gasteiger partial charge in [-0.1, -0.05) is 23.2 Å². The van der Waals surface area contributed by atoms with Crippen LogP contribution in [0.15, 0.2) is 12.1 Å². The van der Waals surface area contributed by atoms with Crippen LogP contribution in [0, 0.1) is 0 Å². The summed E-state index contributed by atoms with van der Waals surface area (Å²) < 4.78 is 4.88. The molecule has 0 amide bonds. The van der Waals surface area contributed by atoms with Crippen LogP contribution in [0.4, 0.5) is 5.69 Å². The number of hydrogen-bond donors (Lipinski definition) is 0. The second-order valence-corrected chi connectivity index (χ2v) is 2.78. The maximum atomic E-state index is 7.26. The van der Waals surface area contributed by atoms with Crippen LogP contribution < -0.4 is 10.5 Å². The van der Waals surface area contributed by atoms with Gasteiger partial charge in [0, 0.05) is 6.07 Å². The lowest BCUT2D eigenvalue weighted by Crippen LogP contribution is -1.84. The number of hydrogen-bond acceptors (Lipinski definition) is 1. The molecular weight excluding hydrogens is 185 g/mol. The highest BCUT2D eigenvalue weighted by atomic mass is 35.5. The fraction of sp³-hybridized carbons (Fsp3) is 0.143. The molecule has 2 nitrogen and oxygen atoms in total. The smallest absolute Gasteiger partial charge is 0.139 e. The maximum absolute atomic E-state index is 7.26. The molecule has 0 aliphatic heterocycles. The highest BCUT2D eigenvalue weighted by Gasteiger charge is 2.04. The Balaban J connectivity index is 3.21. The van der Waals surface area contributed by atoms with Gasteiger partial charge in [-0.05, 0) is 6.07 Å². The minimum Gasteiger partial charge on any atom is -0.495 e. The summed E-state index contributed by atoms with van der Waals surface area (Å²) in [5.41, 5.74) is 7.47. The van der Waals surface area contributed by atoms with Gasteiger partial charge in [-0.2, -0.15) is 0 Å². The Labute approximate surface area is 74.9 Å². The molecule has 1 N–H and O–H groups in total. The maximum Gasteiger partial charge on any atom is 0.139 e. The largest absolute Gasteiger partial charge is 0.495 e. The van der Waals surface area contributed by atoms with E-state index in [4.69, 9.17) is 33.7 Å². The summed E-state index contributed by atoms with van der Waals surface area (Å²) >= 11 is 11.3. The van der Waals surface area contributed by atoms with E-state index in [-0.39, 0.29) is 5.69 Å². The molecule has 11 heavy (non-hydrogen) atoms. The monoisotopic (exact) mass is 190 g/mol. The van der Waals surface area contributed by atoms with E-state index in [0.717, 1.165) is 0 Å². The van der Waals surface area contributed by atoms with Gasteiger partial charge in [0.05, 0.1) is 22.8 Å². The second kappa shape index (κ2) is 3.20. The third kappa shape index (κ3) is 1.70. The molecule has 0 aliphatic rings. The first-order chi connectivity index (χ1) is 5.15. The number of ether oxygens (including phenoxy) is 1. The lowest BCUT2D eigenvalue weighted by atomic mass is 10.3. The molecule has 0 aliphatic carbocycles. The van der Waals surface area contributed by atoms with Crippen molar-refractivity contribution in [3.05, 3.63) is 22.2 Å². The highest BCUT2D eigenvalue weighted by molar-refractivity contribution is 6.35. The summed E-state index contributed by atoms with van der Waals surface area (Å²) in [7, 11) is 1.50. The Morgan fingerprint density at radius 2 is 1.91 bits per heavy atom. The molecule has 0 unspecified atom stereocenters. The van der Waals surface area contributed by atoms with Crippen molar-refractivity contribution in [3.63, 3.8) is 0 Å². The van der Waals surface area contributed by atoms with Crippen molar-refractivity contribution < 1.29 is 4.74 Å². The minimum absolute atomic E-state index is 0.206. The van der Waals surface area contributed by atoms with Crippen LogP contribution in [0.25, 0.3) is 0 Å². The Hall–Kier alpha value is -0.600. The van der Waals surface area contributed by atoms with Gasteiger partial charge in [0.2, 0.25) is 0 Å². The molecule has 0 heterocycles. The fourth-order valence-electron chi connectivity index (χ4n) is 0.685. The van der Waals surface area contributed by atoms with Crippen LogP contribution >= 0.6 is 23.2 Å². The van der Waals surface area contributed by atoms with E-state index < -0.39 is 0 Å². The first kappa shape index (κ1) is 8.50. The van der Waals surface area contributed by atoms with Crippen molar-refractivity contribution in [1.29, 1.82) is 0 Å². The average Bonchev–Trinajstić information content (AvgIpc) is 1.97. The molecule has 0 saturated carbocycles. The van der Waals surface area contributed by atoms with E-state index in [0.29, 0.717) is 15.8 Å². The Morgan fingerprint density at radius 1 is 1.27 bits per heavy atom. The van der Waals surface area contributed by atoms with Crippen LogP contribution in [0.2, 0.25) is 10.0 Å². The van der Waals surface area contributed by atoms with Gasteiger partial charge >= 0.3 is 0 Å². The molecule has 0 aromatic heterocycles. The van der Waals surface area contributed by atoms with E-state index in [1.54, 1.807) is 0 Å². The molecule has 59 valence electrons. The summed E-state index contributed by atoms with van der Waals surface area (Å²) in [5, 5.41) is 0.744. The van der Waals surface area contributed by atoms with E-state index in [1.165, 1.54) is 19.2 Å². The van der Waals surface area contributed by atoms with Gasteiger partial charge in [-0.3, -0.25) is 5.73 Å². The van der Waals surface area contributed by atoms with Crippen LogP contribution in [-0.2, 0) is 0 Å². The predicted octanol–water partition coefficient (Wildman–Crippen LogP) is 2.92. The molecule has 0 atom stereocenters. The van der Waals surface area contributed by atoms with Gasteiger partial charge in [0.1, 0.15) is 5.75 Å². The Bertz CT molecular complexity index is 275. The first-order valence-electron chi connectivity index (χ1n) is 2.90. The lowest BCUT2D eigenvalue weighted by Gasteiger charge is -2.03. The van der Waals surface area contributed by atoms with Crippen LogP contribution in [0.5, 0.6) is 5.75 Å². The summed E-state index contributed by atoms with van der Waals surface area (Å²) in [6.07, 6.45) is 0. The van der Waals surface area contributed by atoms with E-state index in [9.17, 15) is 0 Å². The van der Waals surface area contributed by atoms with Crippen molar-refractivity contribution in [2.75, 3.05) is 7.11 Å². The molecule has 1 aromatic carbocycles. The van der Waals surface area contributed by atoms with Crippen LogP contribution in [0.1, 0.15) is 0 Å². The van der Waals surface area contributed by atoms with Crippen molar-refractivity contribution in [1.82, 2.24) is 5.73 Å². The second-order valence-electron chi connectivity index (χ2n) is 1.97. The Kier molecular flexibility index (Phi) is 2.47. The predicted molar refractivity (Wildman–Crippen MR) is 45.8 cm³/mol. The minimum atomic E-state index is 0.206. The molecule has 0 fully saturated rings. The van der Waals surface area contributed by atoms with Crippen molar-refractivity contribution in [2.24, 2.45) is 0 Å². The fourth-order valence-corrected chi connectivity index (χ4v) is 1.08. The normalized spacial score (nSPS) is 9.73.